The molecule has 0 unspecified atom stereocenters. The number of carboxylic acids is 1. The van der Waals surface area contributed by atoms with E-state index in [-0.39, 0.29) is 12.1 Å². The summed E-state index contributed by atoms with van der Waals surface area (Å²) in [6.07, 6.45) is 1.31. The molecule has 1 heterocycles. The molecule has 0 fully saturated rings. The molecule has 0 bridgehead atoms. The predicted molar refractivity (Wildman–Crippen MR) is 63.6 cm³/mol. The number of benzene rings is 1. The number of carbonyl (C=O) groups is 1. The molecule has 1 N–H and O–H groups in total. The molecule has 0 saturated heterocycles. The zero-order valence-corrected chi connectivity index (χ0v) is 9.76. The Bertz CT molecular complexity index is 623. The second-order valence-electron chi connectivity index (χ2n) is 3.90. The summed E-state index contributed by atoms with van der Waals surface area (Å²) in [6.45, 7) is 0.300. The van der Waals surface area contributed by atoms with Gasteiger partial charge in [0, 0.05) is 18.3 Å². The van der Waals surface area contributed by atoms with Crippen molar-refractivity contribution in [3.8, 4) is 0 Å². The van der Waals surface area contributed by atoms with Crippen LogP contribution in [0.25, 0.3) is 0 Å². The van der Waals surface area contributed by atoms with Crippen molar-refractivity contribution in [2.24, 2.45) is 0 Å². The van der Waals surface area contributed by atoms with Crippen LogP contribution in [0.5, 0.6) is 0 Å². The summed E-state index contributed by atoms with van der Waals surface area (Å²) in [7, 11) is 0. The largest absolute Gasteiger partial charge is 0.481 e. The van der Waals surface area contributed by atoms with E-state index in [1.54, 1.807) is 12.1 Å². The predicted octanol–water partition coefficient (Wildman–Crippen LogP) is 0.862. The summed E-state index contributed by atoms with van der Waals surface area (Å²) >= 11 is 0. The van der Waals surface area contributed by atoms with Crippen LogP contribution >= 0.6 is 0 Å². The first-order valence-electron chi connectivity index (χ1n) is 5.39. The lowest BCUT2D eigenvalue weighted by Crippen LogP contribution is -2.01. The number of nitro groups is 1. The number of nitrogens with zero attached hydrogens (tertiary/aromatic N) is 4. The van der Waals surface area contributed by atoms with Crippen molar-refractivity contribution in [3.63, 3.8) is 0 Å². The van der Waals surface area contributed by atoms with Gasteiger partial charge in [0.2, 0.25) is 0 Å². The smallest absolute Gasteiger partial charge is 0.309 e. The van der Waals surface area contributed by atoms with Crippen molar-refractivity contribution < 1.29 is 14.8 Å². The molecule has 1 aromatic heterocycles. The Morgan fingerprint density at radius 1 is 1.47 bits per heavy atom. The van der Waals surface area contributed by atoms with Crippen LogP contribution in [0.1, 0.15) is 11.3 Å². The number of aromatic nitrogens is 3. The van der Waals surface area contributed by atoms with E-state index in [0.29, 0.717) is 17.8 Å². The van der Waals surface area contributed by atoms with Gasteiger partial charge in [0.05, 0.1) is 23.6 Å². The van der Waals surface area contributed by atoms with Gasteiger partial charge in [-0.15, -0.1) is 5.10 Å². The molecule has 0 saturated carbocycles. The van der Waals surface area contributed by atoms with Gasteiger partial charge in [-0.05, 0) is 5.56 Å². The molecular formula is C11H10N4O4. The zero-order valence-electron chi connectivity index (χ0n) is 9.76. The average molecular weight is 262 g/mol. The lowest BCUT2D eigenvalue weighted by atomic mass is 10.2. The van der Waals surface area contributed by atoms with Crippen LogP contribution < -0.4 is 0 Å². The van der Waals surface area contributed by atoms with Crippen molar-refractivity contribution >= 4 is 11.7 Å². The molecule has 2 aromatic rings. The van der Waals surface area contributed by atoms with E-state index in [1.165, 1.54) is 23.0 Å². The Balaban J connectivity index is 2.12. The van der Waals surface area contributed by atoms with Gasteiger partial charge in [0.25, 0.3) is 5.69 Å². The fraction of sp³-hybridized carbons (Fsp3) is 0.182. The highest BCUT2D eigenvalue weighted by atomic mass is 16.6. The minimum Gasteiger partial charge on any atom is -0.481 e. The first-order valence-corrected chi connectivity index (χ1v) is 5.39. The van der Waals surface area contributed by atoms with E-state index >= 15 is 0 Å². The minimum atomic E-state index is -0.984. The molecule has 2 rings (SSSR count). The Hall–Kier alpha value is -2.77. The quantitative estimate of drug-likeness (QED) is 0.631. The molecule has 0 aliphatic rings. The van der Waals surface area contributed by atoms with Gasteiger partial charge in [-0.25, -0.2) is 4.68 Å². The van der Waals surface area contributed by atoms with Crippen molar-refractivity contribution in [1.82, 2.24) is 15.0 Å². The molecule has 0 aliphatic heterocycles. The van der Waals surface area contributed by atoms with Crippen molar-refractivity contribution in [3.05, 3.63) is 51.8 Å². The van der Waals surface area contributed by atoms with Gasteiger partial charge in [-0.3, -0.25) is 14.9 Å². The molecule has 0 amide bonds. The van der Waals surface area contributed by atoms with Gasteiger partial charge >= 0.3 is 5.97 Å². The van der Waals surface area contributed by atoms with Crippen LogP contribution in [0.3, 0.4) is 0 Å². The van der Waals surface area contributed by atoms with Crippen LogP contribution in [0, 0.1) is 10.1 Å². The number of carboxylic acid groups (broad SMARTS) is 1. The fourth-order valence-electron chi connectivity index (χ4n) is 1.61. The SMILES string of the molecule is O=C(O)Cc1cn(Cc2cccc([N+](=O)[O-])c2)nn1. The first-order chi connectivity index (χ1) is 9.04. The second kappa shape index (κ2) is 5.25. The van der Waals surface area contributed by atoms with Crippen LogP contribution in [-0.4, -0.2) is 31.0 Å². The minimum absolute atomic E-state index is 0.00312. The molecule has 0 spiro atoms. The van der Waals surface area contributed by atoms with E-state index in [9.17, 15) is 14.9 Å². The third-order valence-corrected chi connectivity index (χ3v) is 2.38. The van der Waals surface area contributed by atoms with Crippen molar-refractivity contribution in [2.45, 2.75) is 13.0 Å². The number of hydrogen-bond acceptors (Lipinski definition) is 5. The Labute approximate surface area is 107 Å². The molecule has 19 heavy (non-hydrogen) atoms. The number of non-ortho nitro benzene ring substituents is 1. The Kier molecular flexibility index (Phi) is 3.51. The normalized spacial score (nSPS) is 10.3. The lowest BCUT2D eigenvalue weighted by Gasteiger charge is -2.00. The van der Waals surface area contributed by atoms with E-state index < -0.39 is 10.9 Å². The molecular weight excluding hydrogens is 252 g/mol. The lowest BCUT2D eigenvalue weighted by molar-refractivity contribution is -0.384. The number of nitro benzene ring substituents is 1. The first kappa shape index (κ1) is 12.7. The standard InChI is InChI=1S/C11H10N4O4/c16-11(17)5-9-7-14(13-12-9)6-8-2-1-3-10(4-8)15(18)19/h1-4,7H,5-6H2,(H,16,17). The molecule has 1 aromatic carbocycles. The Morgan fingerprint density at radius 2 is 2.26 bits per heavy atom. The summed E-state index contributed by atoms with van der Waals surface area (Å²) < 4.78 is 1.44. The number of hydrogen-bond donors (Lipinski definition) is 1. The third kappa shape index (κ3) is 3.35. The van der Waals surface area contributed by atoms with Gasteiger partial charge in [0.1, 0.15) is 0 Å². The van der Waals surface area contributed by atoms with Gasteiger partial charge in [0.15, 0.2) is 0 Å². The van der Waals surface area contributed by atoms with Crippen molar-refractivity contribution in [2.75, 3.05) is 0 Å². The maximum absolute atomic E-state index is 10.6. The molecule has 0 atom stereocenters. The van der Waals surface area contributed by atoms with Crippen LogP contribution in [0.15, 0.2) is 30.5 Å². The highest BCUT2D eigenvalue weighted by molar-refractivity contribution is 5.69. The number of rotatable bonds is 5. The van der Waals surface area contributed by atoms with Crippen LogP contribution in [0.2, 0.25) is 0 Å². The van der Waals surface area contributed by atoms with E-state index in [1.807, 2.05) is 0 Å². The summed E-state index contributed by atoms with van der Waals surface area (Å²) in [5.74, 6) is -0.984. The van der Waals surface area contributed by atoms with E-state index in [2.05, 4.69) is 10.3 Å². The highest BCUT2D eigenvalue weighted by Gasteiger charge is 2.08. The number of aliphatic carboxylic acids is 1. The van der Waals surface area contributed by atoms with Crippen LogP contribution in [-0.2, 0) is 17.8 Å². The molecule has 8 nitrogen and oxygen atoms in total. The van der Waals surface area contributed by atoms with E-state index in [4.69, 9.17) is 5.11 Å². The Morgan fingerprint density at radius 3 is 2.95 bits per heavy atom. The maximum atomic E-state index is 10.6. The van der Waals surface area contributed by atoms with Gasteiger partial charge in [-0.2, -0.15) is 0 Å². The monoisotopic (exact) mass is 262 g/mol. The summed E-state index contributed by atoms with van der Waals surface area (Å²) in [4.78, 5) is 20.7. The zero-order chi connectivity index (χ0) is 13.8. The van der Waals surface area contributed by atoms with Gasteiger partial charge in [-0.1, -0.05) is 17.3 Å². The second-order valence-corrected chi connectivity index (χ2v) is 3.90. The topological polar surface area (TPSA) is 111 Å². The van der Waals surface area contributed by atoms with Crippen molar-refractivity contribution in [1.29, 1.82) is 0 Å². The van der Waals surface area contributed by atoms with Crippen LogP contribution in [0.4, 0.5) is 5.69 Å². The summed E-state index contributed by atoms with van der Waals surface area (Å²) in [5.41, 5.74) is 1.04. The summed E-state index contributed by atoms with van der Waals surface area (Å²) in [5, 5.41) is 26.7. The molecule has 98 valence electrons. The third-order valence-electron chi connectivity index (χ3n) is 2.38. The molecule has 0 radical (unpaired) electrons. The van der Waals surface area contributed by atoms with E-state index in [0.717, 1.165) is 0 Å². The fourth-order valence-corrected chi connectivity index (χ4v) is 1.61. The molecule has 8 heteroatoms. The van der Waals surface area contributed by atoms with Gasteiger partial charge < -0.3 is 5.11 Å². The highest BCUT2D eigenvalue weighted by Crippen LogP contribution is 2.13. The summed E-state index contributed by atoms with van der Waals surface area (Å²) in [6, 6.07) is 6.16. The maximum Gasteiger partial charge on any atom is 0.309 e. The average Bonchev–Trinajstić information content (AvgIpc) is 2.76. The molecule has 0 aliphatic carbocycles.